The molecule has 1 fully saturated rings. The van der Waals surface area contributed by atoms with Crippen molar-refractivity contribution in [3.8, 4) is 0 Å². The van der Waals surface area contributed by atoms with Gasteiger partial charge in [0.25, 0.3) is 0 Å². The molecule has 0 spiro atoms. The molecule has 1 atom stereocenters. The summed E-state index contributed by atoms with van der Waals surface area (Å²) in [5, 5.41) is 6.83. The van der Waals surface area contributed by atoms with Crippen molar-refractivity contribution in [3.63, 3.8) is 0 Å². The van der Waals surface area contributed by atoms with Gasteiger partial charge in [0.2, 0.25) is 0 Å². The van der Waals surface area contributed by atoms with E-state index in [0.29, 0.717) is 11.7 Å². The summed E-state index contributed by atoms with van der Waals surface area (Å²) >= 11 is 0. The van der Waals surface area contributed by atoms with Crippen molar-refractivity contribution in [3.05, 3.63) is 24.5 Å². The number of fused-ring (bicyclic) bond motifs is 1. The van der Waals surface area contributed by atoms with E-state index in [1.807, 2.05) is 12.1 Å². The van der Waals surface area contributed by atoms with Crippen LogP contribution in [0.1, 0.15) is 19.3 Å². The summed E-state index contributed by atoms with van der Waals surface area (Å²) in [6, 6.07) is 4.57. The molecule has 1 saturated heterocycles. The van der Waals surface area contributed by atoms with Crippen molar-refractivity contribution in [1.82, 2.24) is 20.3 Å². The number of rotatable bonds is 4. The topological polar surface area (TPSA) is 62.7 Å². The van der Waals surface area contributed by atoms with E-state index < -0.39 is 0 Å². The number of nitrogens with one attached hydrogen (secondary N) is 2. The predicted molar refractivity (Wildman–Crippen MR) is 71.5 cm³/mol. The summed E-state index contributed by atoms with van der Waals surface area (Å²) in [7, 11) is 0. The molecule has 0 aliphatic carbocycles. The highest BCUT2D eigenvalue weighted by atomic mass is 15.0. The Labute approximate surface area is 106 Å². The van der Waals surface area contributed by atoms with Crippen molar-refractivity contribution in [2.45, 2.75) is 25.3 Å². The lowest BCUT2D eigenvalue weighted by atomic mass is 10.1. The zero-order chi connectivity index (χ0) is 12.2. The third-order valence-corrected chi connectivity index (χ3v) is 3.29. The van der Waals surface area contributed by atoms with E-state index in [2.05, 4.69) is 25.6 Å². The van der Waals surface area contributed by atoms with E-state index in [4.69, 9.17) is 0 Å². The Morgan fingerprint density at radius 1 is 1.28 bits per heavy atom. The molecule has 2 aromatic rings. The third kappa shape index (κ3) is 2.56. The number of nitrogens with zero attached hydrogens (tertiary/aromatic N) is 3. The van der Waals surface area contributed by atoms with Crippen molar-refractivity contribution in [2.75, 3.05) is 18.4 Å². The van der Waals surface area contributed by atoms with Gasteiger partial charge in [0.15, 0.2) is 5.65 Å². The van der Waals surface area contributed by atoms with Crippen LogP contribution >= 0.6 is 0 Å². The lowest BCUT2D eigenvalue weighted by Gasteiger charge is -2.11. The van der Waals surface area contributed by atoms with Gasteiger partial charge >= 0.3 is 0 Å². The minimum atomic E-state index is 0.665. The molecular formula is C13H17N5. The Kier molecular flexibility index (Phi) is 3.32. The van der Waals surface area contributed by atoms with Gasteiger partial charge in [-0.15, -0.1) is 0 Å². The third-order valence-electron chi connectivity index (χ3n) is 3.29. The standard InChI is InChI=1S/C13H17N5/c1-2-10(14-6-1)5-7-16-12-4-3-11-13(18-12)17-9-8-15-11/h3-4,8-10,14H,1-2,5-7H2,(H,16,17,18)/t10-/m0/s1. The van der Waals surface area contributed by atoms with E-state index in [9.17, 15) is 0 Å². The van der Waals surface area contributed by atoms with E-state index in [1.54, 1.807) is 12.4 Å². The fraction of sp³-hybridized carbons (Fsp3) is 0.462. The van der Waals surface area contributed by atoms with E-state index in [0.717, 1.165) is 30.8 Å². The van der Waals surface area contributed by atoms with Crippen LogP contribution in [0.2, 0.25) is 0 Å². The molecule has 1 aliphatic heterocycles. The minimum Gasteiger partial charge on any atom is -0.370 e. The van der Waals surface area contributed by atoms with Gasteiger partial charge in [0, 0.05) is 25.0 Å². The first-order valence-corrected chi connectivity index (χ1v) is 6.47. The van der Waals surface area contributed by atoms with Gasteiger partial charge in [-0.05, 0) is 37.9 Å². The van der Waals surface area contributed by atoms with Gasteiger partial charge in [-0.25, -0.2) is 9.97 Å². The number of hydrogen-bond acceptors (Lipinski definition) is 5. The molecule has 1 aliphatic rings. The SMILES string of the molecule is c1cnc2nc(NCC[C@@H]3CCCN3)ccc2n1. The smallest absolute Gasteiger partial charge is 0.180 e. The fourth-order valence-corrected chi connectivity index (χ4v) is 2.33. The second-order valence-corrected chi connectivity index (χ2v) is 4.60. The minimum absolute atomic E-state index is 0.665. The summed E-state index contributed by atoms with van der Waals surface area (Å²) in [6.45, 7) is 2.10. The van der Waals surface area contributed by atoms with E-state index in [1.165, 1.54) is 12.8 Å². The maximum Gasteiger partial charge on any atom is 0.180 e. The molecule has 5 heteroatoms. The van der Waals surface area contributed by atoms with Crippen LogP contribution in [0, 0.1) is 0 Å². The molecule has 2 N–H and O–H groups in total. The molecule has 2 aromatic heterocycles. The highest BCUT2D eigenvalue weighted by molar-refractivity contribution is 5.71. The maximum atomic E-state index is 4.43. The van der Waals surface area contributed by atoms with Crippen molar-refractivity contribution in [1.29, 1.82) is 0 Å². The predicted octanol–water partition coefficient (Wildman–Crippen LogP) is 1.58. The lowest BCUT2D eigenvalue weighted by molar-refractivity contribution is 0.574. The average Bonchev–Trinajstić information content (AvgIpc) is 2.92. The summed E-state index contributed by atoms with van der Waals surface area (Å²) < 4.78 is 0. The summed E-state index contributed by atoms with van der Waals surface area (Å²) in [5.41, 5.74) is 1.53. The summed E-state index contributed by atoms with van der Waals surface area (Å²) in [6.07, 6.45) is 7.08. The number of aromatic nitrogens is 3. The number of hydrogen-bond donors (Lipinski definition) is 2. The van der Waals surface area contributed by atoms with Crippen LogP contribution in [0.15, 0.2) is 24.5 Å². The molecule has 0 saturated carbocycles. The summed E-state index contributed by atoms with van der Waals surface area (Å²) in [4.78, 5) is 12.8. The Bertz CT molecular complexity index is 522. The molecule has 0 radical (unpaired) electrons. The first-order chi connectivity index (χ1) is 8.92. The Balaban J connectivity index is 1.60. The molecule has 0 bridgehead atoms. The lowest BCUT2D eigenvalue weighted by Crippen LogP contribution is -2.24. The van der Waals surface area contributed by atoms with Crippen LogP contribution in [0.25, 0.3) is 11.2 Å². The van der Waals surface area contributed by atoms with Gasteiger partial charge in [0.1, 0.15) is 11.3 Å². The maximum absolute atomic E-state index is 4.43. The van der Waals surface area contributed by atoms with Crippen LogP contribution in [0.4, 0.5) is 5.82 Å². The average molecular weight is 243 g/mol. The molecule has 3 rings (SSSR count). The molecular weight excluding hydrogens is 226 g/mol. The quantitative estimate of drug-likeness (QED) is 0.853. The van der Waals surface area contributed by atoms with Gasteiger partial charge in [-0.3, -0.25) is 4.98 Å². The largest absolute Gasteiger partial charge is 0.370 e. The van der Waals surface area contributed by atoms with E-state index >= 15 is 0 Å². The molecule has 18 heavy (non-hydrogen) atoms. The summed E-state index contributed by atoms with van der Waals surface area (Å²) in [5.74, 6) is 0.876. The highest BCUT2D eigenvalue weighted by Crippen LogP contribution is 2.12. The monoisotopic (exact) mass is 243 g/mol. The van der Waals surface area contributed by atoms with Crippen LogP contribution in [-0.4, -0.2) is 34.1 Å². The van der Waals surface area contributed by atoms with Crippen molar-refractivity contribution in [2.24, 2.45) is 0 Å². The Morgan fingerprint density at radius 2 is 2.22 bits per heavy atom. The molecule has 0 amide bonds. The van der Waals surface area contributed by atoms with Gasteiger partial charge in [-0.1, -0.05) is 0 Å². The second-order valence-electron chi connectivity index (χ2n) is 4.60. The second kappa shape index (κ2) is 5.27. The molecule has 0 unspecified atom stereocenters. The van der Waals surface area contributed by atoms with Gasteiger partial charge < -0.3 is 10.6 Å². The highest BCUT2D eigenvalue weighted by Gasteiger charge is 2.12. The number of pyridine rings is 1. The first-order valence-electron chi connectivity index (χ1n) is 6.47. The normalized spacial score (nSPS) is 19.2. The van der Waals surface area contributed by atoms with Crippen LogP contribution < -0.4 is 10.6 Å². The Hall–Kier alpha value is -1.75. The fourth-order valence-electron chi connectivity index (χ4n) is 2.33. The molecule has 5 nitrogen and oxygen atoms in total. The molecule has 3 heterocycles. The van der Waals surface area contributed by atoms with Crippen molar-refractivity contribution < 1.29 is 0 Å². The van der Waals surface area contributed by atoms with Crippen LogP contribution in [0.5, 0.6) is 0 Å². The first kappa shape index (κ1) is 11.3. The number of anilines is 1. The molecule has 0 aromatic carbocycles. The zero-order valence-corrected chi connectivity index (χ0v) is 10.3. The Morgan fingerprint density at radius 3 is 3.11 bits per heavy atom. The molecule has 94 valence electrons. The van der Waals surface area contributed by atoms with Gasteiger partial charge in [-0.2, -0.15) is 0 Å². The van der Waals surface area contributed by atoms with E-state index in [-0.39, 0.29) is 0 Å². The van der Waals surface area contributed by atoms with Crippen molar-refractivity contribution >= 4 is 17.0 Å². The van der Waals surface area contributed by atoms with Crippen LogP contribution in [-0.2, 0) is 0 Å². The zero-order valence-electron chi connectivity index (χ0n) is 10.3. The van der Waals surface area contributed by atoms with Gasteiger partial charge in [0.05, 0.1) is 0 Å². The van der Waals surface area contributed by atoms with Crippen LogP contribution in [0.3, 0.4) is 0 Å².